The standard InChI is InChI=1S/C18H37NO2/c1-7-19-16(11-12-17(4,5)20-6)18(21-8-2)13-9-15(3)10-14-18/h15-16,19H,7-14H2,1-6H3. The number of methoxy groups -OCH3 is 1. The molecule has 0 aromatic heterocycles. The van der Waals surface area contributed by atoms with E-state index in [9.17, 15) is 0 Å². The van der Waals surface area contributed by atoms with E-state index in [-0.39, 0.29) is 11.2 Å². The minimum absolute atomic E-state index is 0.0289. The van der Waals surface area contributed by atoms with E-state index >= 15 is 0 Å². The van der Waals surface area contributed by atoms with Gasteiger partial charge in [0.1, 0.15) is 0 Å². The third-order valence-electron chi connectivity index (χ3n) is 5.23. The zero-order valence-electron chi connectivity index (χ0n) is 15.1. The molecule has 0 spiro atoms. The maximum absolute atomic E-state index is 6.33. The molecule has 0 radical (unpaired) electrons. The molecule has 0 amide bonds. The number of hydrogen-bond donors (Lipinski definition) is 1. The van der Waals surface area contributed by atoms with E-state index in [1.54, 1.807) is 0 Å². The molecule has 0 bridgehead atoms. The van der Waals surface area contributed by atoms with Crippen LogP contribution in [0.1, 0.15) is 73.1 Å². The summed E-state index contributed by atoms with van der Waals surface area (Å²) in [5, 5.41) is 3.71. The van der Waals surface area contributed by atoms with Crippen LogP contribution in [-0.2, 0) is 9.47 Å². The van der Waals surface area contributed by atoms with E-state index in [1.807, 2.05) is 7.11 Å². The van der Waals surface area contributed by atoms with E-state index in [1.165, 1.54) is 25.7 Å². The first-order chi connectivity index (χ1) is 9.89. The Bertz CT molecular complexity index is 283. The fraction of sp³-hybridized carbons (Fsp3) is 1.00. The highest BCUT2D eigenvalue weighted by molar-refractivity contribution is 4.97. The second-order valence-corrected chi connectivity index (χ2v) is 7.29. The van der Waals surface area contributed by atoms with Crippen LogP contribution in [0.25, 0.3) is 0 Å². The number of likely N-dealkylation sites (N-methyl/N-ethyl adjacent to an activating group) is 1. The summed E-state index contributed by atoms with van der Waals surface area (Å²) in [6.07, 6.45) is 7.12. The summed E-state index contributed by atoms with van der Waals surface area (Å²) < 4.78 is 11.9. The van der Waals surface area contributed by atoms with Gasteiger partial charge in [-0.25, -0.2) is 0 Å². The lowest BCUT2D eigenvalue weighted by Gasteiger charge is -2.46. The van der Waals surface area contributed by atoms with Gasteiger partial charge < -0.3 is 14.8 Å². The second kappa shape index (κ2) is 8.50. The fourth-order valence-corrected chi connectivity index (χ4v) is 3.52. The van der Waals surface area contributed by atoms with Crippen LogP contribution >= 0.6 is 0 Å². The molecule has 1 N–H and O–H groups in total. The summed E-state index contributed by atoms with van der Waals surface area (Å²) in [6, 6.07) is 0.435. The number of nitrogens with one attached hydrogen (secondary N) is 1. The topological polar surface area (TPSA) is 30.5 Å². The molecule has 3 heteroatoms. The zero-order chi connectivity index (χ0) is 15.9. The van der Waals surface area contributed by atoms with E-state index in [0.717, 1.165) is 31.9 Å². The number of hydrogen-bond acceptors (Lipinski definition) is 3. The SMILES string of the molecule is CCNC(CCC(C)(C)OC)C1(OCC)CCC(C)CC1. The van der Waals surface area contributed by atoms with Crippen molar-refractivity contribution in [3.8, 4) is 0 Å². The van der Waals surface area contributed by atoms with Crippen molar-refractivity contribution in [3.63, 3.8) is 0 Å². The molecular formula is C18H37NO2. The number of ether oxygens (including phenoxy) is 2. The van der Waals surface area contributed by atoms with Gasteiger partial charge in [0.15, 0.2) is 0 Å². The highest BCUT2D eigenvalue weighted by Gasteiger charge is 2.42. The molecule has 0 heterocycles. The molecule has 1 saturated carbocycles. The molecule has 1 unspecified atom stereocenters. The predicted octanol–water partition coefficient (Wildman–Crippen LogP) is 4.16. The van der Waals surface area contributed by atoms with Crippen molar-refractivity contribution in [2.24, 2.45) is 5.92 Å². The molecule has 0 aromatic carbocycles. The molecule has 0 aliphatic heterocycles. The van der Waals surface area contributed by atoms with Gasteiger partial charge in [-0.05, 0) is 71.8 Å². The van der Waals surface area contributed by atoms with Crippen molar-refractivity contribution >= 4 is 0 Å². The Hall–Kier alpha value is -0.120. The Morgan fingerprint density at radius 3 is 2.33 bits per heavy atom. The summed E-state index contributed by atoms with van der Waals surface area (Å²) in [5.74, 6) is 0.844. The quantitative estimate of drug-likeness (QED) is 0.693. The Morgan fingerprint density at radius 2 is 1.86 bits per heavy atom. The molecule has 3 nitrogen and oxygen atoms in total. The summed E-state index contributed by atoms with van der Waals surface area (Å²) in [4.78, 5) is 0. The van der Waals surface area contributed by atoms with Gasteiger partial charge in [0.05, 0.1) is 11.2 Å². The van der Waals surface area contributed by atoms with Crippen molar-refractivity contribution in [1.82, 2.24) is 5.32 Å². The average Bonchev–Trinajstić information content (AvgIpc) is 2.46. The Morgan fingerprint density at radius 1 is 1.24 bits per heavy atom. The minimum Gasteiger partial charge on any atom is -0.379 e. The third kappa shape index (κ3) is 5.54. The average molecular weight is 299 g/mol. The minimum atomic E-state index is -0.0525. The van der Waals surface area contributed by atoms with Gasteiger partial charge in [-0.3, -0.25) is 0 Å². The molecule has 1 aliphatic carbocycles. The first kappa shape index (κ1) is 18.9. The van der Waals surface area contributed by atoms with E-state index < -0.39 is 0 Å². The van der Waals surface area contributed by atoms with Crippen LogP contribution in [0.5, 0.6) is 0 Å². The monoisotopic (exact) mass is 299 g/mol. The highest BCUT2D eigenvalue weighted by atomic mass is 16.5. The van der Waals surface area contributed by atoms with Crippen molar-refractivity contribution in [2.45, 2.75) is 90.4 Å². The maximum Gasteiger partial charge on any atom is 0.0834 e. The molecular weight excluding hydrogens is 262 g/mol. The van der Waals surface area contributed by atoms with Crippen molar-refractivity contribution in [3.05, 3.63) is 0 Å². The van der Waals surface area contributed by atoms with E-state index in [2.05, 4.69) is 39.9 Å². The highest BCUT2D eigenvalue weighted by Crippen LogP contribution is 2.39. The van der Waals surface area contributed by atoms with Gasteiger partial charge in [-0.2, -0.15) is 0 Å². The molecule has 0 saturated heterocycles. The molecule has 1 aliphatic rings. The van der Waals surface area contributed by atoms with Gasteiger partial charge >= 0.3 is 0 Å². The van der Waals surface area contributed by atoms with Crippen molar-refractivity contribution in [1.29, 1.82) is 0 Å². The zero-order valence-corrected chi connectivity index (χ0v) is 15.1. The molecule has 0 aromatic rings. The van der Waals surface area contributed by atoms with Crippen molar-refractivity contribution in [2.75, 3.05) is 20.3 Å². The van der Waals surface area contributed by atoms with Gasteiger partial charge in [-0.15, -0.1) is 0 Å². The number of rotatable bonds is 9. The van der Waals surface area contributed by atoms with Gasteiger partial charge in [-0.1, -0.05) is 13.8 Å². The van der Waals surface area contributed by atoms with Crippen LogP contribution in [0.4, 0.5) is 0 Å². The Labute approximate surface area is 132 Å². The summed E-state index contributed by atoms with van der Waals surface area (Å²) in [6.45, 7) is 12.8. The lowest BCUT2D eigenvalue weighted by Crippen LogP contribution is -2.54. The van der Waals surface area contributed by atoms with E-state index in [0.29, 0.717) is 6.04 Å². The smallest absolute Gasteiger partial charge is 0.0834 e. The second-order valence-electron chi connectivity index (χ2n) is 7.29. The maximum atomic E-state index is 6.33. The van der Waals surface area contributed by atoms with Crippen LogP contribution in [0.3, 0.4) is 0 Å². The normalized spacial score (nSPS) is 28.6. The summed E-state index contributed by atoms with van der Waals surface area (Å²) in [7, 11) is 1.81. The lowest BCUT2D eigenvalue weighted by atomic mass is 9.73. The first-order valence-electron chi connectivity index (χ1n) is 8.81. The lowest BCUT2D eigenvalue weighted by molar-refractivity contribution is -0.102. The largest absolute Gasteiger partial charge is 0.379 e. The van der Waals surface area contributed by atoms with Crippen LogP contribution in [-0.4, -0.2) is 37.5 Å². The molecule has 126 valence electrons. The van der Waals surface area contributed by atoms with Crippen molar-refractivity contribution < 1.29 is 9.47 Å². The molecule has 1 rings (SSSR count). The Kier molecular flexibility index (Phi) is 7.66. The van der Waals surface area contributed by atoms with Gasteiger partial charge in [0.25, 0.3) is 0 Å². The van der Waals surface area contributed by atoms with Crippen LogP contribution in [0.15, 0.2) is 0 Å². The third-order valence-corrected chi connectivity index (χ3v) is 5.23. The van der Waals surface area contributed by atoms with Crippen LogP contribution < -0.4 is 5.32 Å². The predicted molar refractivity (Wildman–Crippen MR) is 89.8 cm³/mol. The van der Waals surface area contributed by atoms with Crippen LogP contribution in [0, 0.1) is 5.92 Å². The molecule has 1 atom stereocenters. The first-order valence-corrected chi connectivity index (χ1v) is 8.81. The van der Waals surface area contributed by atoms with Gasteiger partial charge in [0.2, 0.25) is 0 Å². The fourth-order valence-electron chi connectivity index (χ4n) is 3.52. The molecule has 1 fully saturated rings. The van der Waals surface area contributed by atoms with Gasteiger partial charge in [0, 0.05) is 19.8 Å². The Balaban J connectivity index is 2.77. The summed E-state index contributed by atoms with van der Waals surface area (Å²) in [5.41, 5.74) is -0.0237. The molecule has 21 heavy (non-hydrogen) atoms. The van der Waals surface area contributed by atoms with E-state index in [4.69, 9.17) is 9.47 Å². The summed E-state index contributed by atoms with van der Waals surface area (Å²) >= 11 is 0. The van der Waals surface area contributed by atoms with Crippen LogP contribution in [0.2, 0.25) is 0 Å².